The van der Waals surface area contributed by atoms with E-state index in [-0.39, 0.29) is 12.4 Å². The topological polar surface area (TPSA) is 115 Å². The number of carboxylic acid groups (broad SMARTS) is 1. The highest BCUT2D eigenvalue weighted by Crippen LogP contribution is 2.25. The molecule has 162 valence electrons. The van der Waals surface area contributed by atoms with Gasteiger partial charge in [0.05, 0.1) is 25.3 Å². The van der Waals surface area contributed by atoms with Gasteiger partial charge in [-0.05, 0) is 49.8 Å². The average Bonchev–Trinajstić information content (AvgIpc) is 3.26. The predicted molar refractivity (Wildman–Crippen MR) is 114 cm³/mol. The van der Waals surface area contributed by atoms with Crippen molar-refractivity contribution in [2.75, 3.05) is 12.4 Å². The fourth-order valence-electron chi connectivity index (χ4n) is 3.93. The molecule has 9 heteroatoms. The highest BCUT2D eigenvalue weighted by Gasteiger charge is 2.21. The summed E-state index contributed by atoms with van der Waals surface area (Å²) in [6, 6.07) is 6.24. The van der Waals surface area contributed by atoms with Gasteiger partial charge in [0.25, 0.3) is 0 Å². The van der Waals surface area contributed by atoms with Crippen molar-refractivity contribution in [3.63, 3.8) is 0 Å². The molecule has 0 spiro atoms. The van der Waals surface area contributed by atoms with Crippen molar-refractivity contribution in [2.24, 2.45) is 0 Å². The van der Waals surface area contributed by atoms with E-state index in [0.717, 1.165) is 43.6 Å². The summed E-state index contributed by atoms with van der Waals surface area (Å²) in [7, 11) is 1.49. The molecule has 1 aliphatic rings. The van der Waals surface area contributed by atoms with Crippen LogP contribution in [0.4, 0.5) is 5.82 Å². The molecule has 0 fully saturated rings. The quantitative estimate of drug-likeness (QED) is 0.541. The summed E-state index contributed by atoms with van der Waals surface area (Å²) < 4.78 is 6.67. The van der Waals surface area contributed by atoms with Crippen molar-refractivity contribution in [1.29, 1.82) is 0 Å². The summed E-state index contributed by atoms with van der Waals surface area (Å²) in [5.41, 5.74) is 2.90. The lowest BCUT2D eigenvalue weighted by Gasteiger charge is -2.25. The Morgan fingerprint density at radius 1 is 1.32 bits per heavy atom. The third kappa shape index (κ3) is 5.17. The maximum Gasteiger partial charge on any atom is 0.316 e. The molecule has 0 bridgehead atoms. The maximum absolute atomic E-state index is 11.4. The van der Waals surface area contributed by atoms with E-state index in [9.17, 15) is 9.90 Å². The molecule has 1 unspecified atom stereocenters. The van der Waals surface area contributed by atoms with E-state index in [2.05, 4.69) is 31.4 Å². The Kier molecular flexibility index (Phi) is 6.40. The maximum atomic E-state index is 11.4. The number of rotatable bonds is 9. The highest BCUT2D eigenvalue weighted by atomic mass is 16.5. The second-order valence-corrected chi connectivity index (χ2v) is 7.69. The smallest absolute Gasteiger partial charge is 0.316 e. The highest BCUT2D eigenvalue weighted by molar-refractivity contribution is 5.68. The van der Waals surface area contributed by atoms with E-state index >= 15 is 0 Å². The van der Waals surface area contributed by atoms with E-state index in [1.165, 1.54) is 12.7 Å². The van der Waals surface area contributed by atoms with Crippen LogP contribution in [-0.4, -0.2) is 49.0 Å². The molecule has 1 aliphatic heterocycles. The van der Waals surface area contributed by atoms with Crippen LogP contribution in [0.5, 0.6) is 6.01 Å². The molecule has 0 saturated heterocycles. The van der Waals surface area contributed by atoms with Crippen molar-refractivity contribution in [1.82, 2.24) is 24.7 Å². The van der Waals surface area contributed by atoms with Gasteiger partial charge in [-0.3, -0.25) is 9.48 Å². The van der Waals surface area contributed by atoms with Crippen molar-refractivity contribution in [3.8, 4) is 6.01 Å². The zero-order valence-electron chi connectivity index (χ0n) is 17.4. The number of aromatic nitrogens is 5. The Bertz CT molecular complexity index is 1020. The number of fused-ring (bicyclic) bond motifs is 1. The molecule has 9 nitrogen and oxygen atoms in total. The fraction of sp³-hybridized carbons (Fsp3) is 0.409. The minimum Gasteiger partial charge on any atom is -0.481 e. The van der Waals surface area contributed by atoms with Crippen molar-refractivity contribution in [3.05, 3.63) is 59.8 Å². The SMILES string of the molecule is COc1ncc(C(CC(=O)O)n2ccc(CCC[C@@H]3CCc4cccnc4N3)n2)cn1. The average molecular weight is 422 g/mol. The van der Waals surface area contributed by atoms with Gasteiger partial charge < -0.3 is 15.2 Å². The zero-order valence-corrected chi connectivity index (χ0v) is 17.4. The number of carbonyl (C=O) groups is 1. The molecule has 3 aromatic heterocycles. The number of carboxylic acids is 1. The van der Waals surface area contributed by atoms with Crippen LogP contribution >= 0.6 is 0 Å². The normalized spacial score (nSPS) is 16.2. The van der Waals surface area contributed by atoms with Crippen molar-refractivity contribution in [2.45, 2.75) is 50.6 Å². The number of ether oxygens (including phenoxy) is 1. The van der Waals surface area contributed by atoms with Crippen LogP contribution in [0.3, 0.4) is 0 Å². The van der Waals surface area contributed by atoms with Crippen LogP contribution in [0.15, 0.2) is 43.0 Å². The third-order valence-electron chi connectivity index (χ3n) is 5.55. The van der Waals surface area contributed by atoms with Gasteiger partial charge in [0.2, 0.25) is 0 Å². The molecule has 0 aromatic carbocycles. The number of aliphatic carboxylic acids is 1. The van der Waals surface area contributed by atoms with Crippen LogP contribution < -0.4 is 10.1 Å². The summed E-state index contributed by atoms with van der Waals surface area (Å²) in [6.07, 6.45) is 11.7. The lowest BCUT2D eigenvalue weighted by Crippen LogP contribution is -2.26. The molecular weight excluding hydrogens is 396 g/mol. The lowest BCUT2D eigenvalue weighted by atomic mass is 9.97. The number of nitrogens with zero attached hydrogens (tertiary/aromatic N) is 5. The van der Waals surface area contributed by atoms with Crippen LogP contribution in [-0.2, 0) is 17.6 Å². The summed E-state index contributed by atoms with van der Waals surface area (Å²) in [4.78, 5) is 24.0. The predicted octanol–water partition coefficient (Wildman–Crippen LogP) is 2.89. The summed E-state index contributed by atoms with van der Waals surface area (Å²) in [5, 5.41) is 17.5. The molecule has 0 amide bonds. The molecule has 4 heterocycles. The minimum absolute atomic E-state index is 0.102. The first-order chi connectivity index (χ1) is 15.1. The van der Waals surface area contributed by atoms with E-state index in [1.807, 2.05) is 24.5 Å². The number of methoxy groups -OCH3 is 1. The van der Waals surface area contributed by atoms with Crippen LogP contribution in [0, 0.1) is 0 Å². The molecule has 0 aliphatic carbocycles. The Hall–Kier alpha value is -3.49. The lowest BCUT2D eigenvalue weighted by molar-refractivity contribution is -0.137. The number of hydrogen-bond donors (Lipinski definition) is 2. The molecule has 0 radical (unpaired) electrons. The van der Waals surface area contributed by atoms with Crippen molar-refractivity contribution < 1.29 is 14.6 Å². The van der Waals surface area contributed by atoms with Gasteiger partial charge in [0, 0.05) is 36.4 Å². The first-order valence-electron chi connectivity index (χ1n) is 10.4. The third-order valence-corrected chi connectivity index (χ3v) is 5.55. The first-order valence-corrected chi connectivity index (χ1v) is 10.4. The Balaban J connectivity index is 1.36. The molecule has 3 aromatic rings. The van der Waals surface area contributed by atoms with Gasteiger partial charge in [0.1, 0.15) is 5.82 Å². The van der Waals surface area contributed by atoms with Gasteiger partial charge in [0.15, 0.2) is 0 Å². The van der Waals surface area contributed by atoms with Gasteiger partial charge in [-0.15, -0.1) is 0 Å². The Morgan fingerprint density at radius 3 is 2.94 bits per heavy atom. The summed E-state index contributed by atoms with van der Waals surface area (Å²) >= 11 is 0. The van der Waals surface area contributed by atoms with E-state index < -0.39 is 12.0 Å². The molecule has 4 rings (SSSR count). The Labute approximate surface area is 180 Å². The van der Waals surface area contributed by atoms with Gasteiger partial charge in [-0.2, -0.15) is 5.10 Å². The van der Waals surface area contributed by atoms with E-state index in [4.69, 9.17) is 4.74 Å². The van der Waals surface area contributed by atoms with Crippen LogP contribution in [0.25, 0.3) is 0 Å². The summed E-state index contributed by atoms with van der Waals surface area (Å²) in [5.74, 6) is 0.0939. The van der Waals surface area contributed by atoms with Gasteiger partial charge in [-0.25, -0.2) is 15.0 Å². The van der Waals surface area contributed by atoms with Gasteiger partial charge in [-0.1, -0.05) is 6.07 Å². The number of pyridine rings is 1. The monoisotopic (exact) mass is 422 g/mol. The number of hydrogen-bond acceptors (Lipinski definition) is 7. The first kappa shape index (κ1) is 20.8. The molecular formula is C22H26N6O3. The second kappa shape index (κ2) is 9.55. The van der Waals surface area contributed by atoms with E-state index in [0.29, 0.717) is 11.6 Å². The van der Waals surface area contributed by atoms with Gasteiger partial charge >= 0.3 is 12.0 Å². The zero-order chi connectivity index (χ0) is 21.6. The molecule has 2 atom stereocenters. The van der Waals surface area contributed by atoms with Crippen molar-refractivity contribution >= 4 is 11.8 Å². The second-order valence-electron chi connectivity index (χ2n) is 7.69. The molecule has 0 saturated carbocycles. The minimum atomic E-state index is -0.907. The molecule has 2 N–H and O–H groups in total. The van der Waals surface area contributed by atoms with Crippen LogP contribution in [0.2, 0.25) is 0 Å². The summed E-state index contributed by atoms with van der Waals surface area (Å²) in [6.45, 7) is 0. The Morgan fingerprint density at radius 2 is 2.16 bits per heavy atom. The molecule has 31 heavy (non-hydrogen) atoms. The number of nitrogens with one attached hydrogen (secondary N) is 1. The largest absolute Gasteiger partial charge is 0.481 e. The van der Waals surface area contributed by atoms with Crippen LogP contribution in [0.1, 0.15) is 48.5 Å². The van der Waals surface area contributed by atoms with E-state index in [1.54, 1.807) is 17.1 Å². The standard InChI is InChI=1S/C22H26N6O3/c1-31-22-24-13-16(14-25-22)19(12-20(29)30)28-11-9-18(27-28)6-2-5-17-8-7-15-4-3-10-23-21(15)26-17/h3-4,9-11,13-14,17,19H,2,5-8,12H2,1H3,(H,23,26)(H,29,30)/t17-,19?/m1/s1. The number of anilines is 1. The fourth-order valence-corrected chi connectivity index (χ4v) is 3.93. The number of aryl methyl sites for hydroxylation is 2.